The first kappa shape index (κ1) is 18.7. The third-order valence-corrected chi connectivity index (χ3v) is 1.71. The van der Waals surface area contributed by atoms with E-state index in [1.54, 1.807) is 0 Å². The van der Waals surface area contributed by atoms with Crippen LogP contribution in [0.1, 0.15) is 0 Å². The summed E-state index contributed by atoms with van der Waals surface area (Å²) < 4.78 is 128. The Morgan fingerprint density at radius 1 is 0.950 bits per heavy atom. The van der Waals surface area contributed by atoms with E-state index >= 15 is 0 Å². The summed E-state index contributed by atoms with van der Waals surface area (Å²) in [5.74, 6) is -16.2. The third kappa shape index (κ3) is 3.24. The Balaban J connectivity index is 5.42. The number of carbonyl (C=O) groups is 1. The Hall–Kier alpha value is -1.27. The van der Waals surface area contributed by atoms with Crippen molar-refractivity contribution in [2.75, 3.05) is 7.11 Å². The second-order valence-corrected chi connectivity index (χ2v) is 3.13. The second kappa shape index (κ2) is 5.26. The fourth-order valence-electron chi connectivity index (χ4n) is 0.710. The van der Waals surface area contributed by atoms with Crippen LogP contribution < -0.4 is 0 Å². The van der Waals surface area contributed by atoms with Crippen molar-refractivity contribution in [1.82, 2.24) is 0 Å². The highest BCUT2D eigenvalue weighted by Crippen LogP contribution is 2.48. The largest absolute Gasteiger partial charge is 0.464 e. The van der Waals surface area contributed by atoms with Crippen molar-refractivity contribution in [3.05, 3.63) is 0 Å². The lowest BCUT2D eigenvalue weighted by Gasteiger charge is -2.31. The van der Waals surface area contributed by atoms with Crippen LogP contribution in [-0.4, -0.2) is 43.6 Å². The Kier molecular flexibility index (Phi) is 4.92. The molecule has 20 heavy (non-hydrogen) atoms. The van der Waals surface area contributed by atoms with E-state index in [1.165, 1.54) is 0 Å². The molecule has 0 aliphatic carbocycles. The number of hydrogen-bond donors (Lipinski definition) is 0. The summed E-state index contributed by atoms with van der Waals surface area (Å²) in [5.41, 5.74) is 0. The molecule has 13 heteroatoms. The Morgan fingerprint density at radius 3 is 1.65 bits per heavy atom. The van der Waals surface area contributed by atoms with Gasteiger partial charge in [-0.3, -0.25) is 4.74 Å². The molecule has 0 spiro atoms. The average Bonchev–Trinajstić information content (AvgIpc) is 2.25. The maximum Gasteiger partial charge on any atom is 0.445 e. The van der Waals surface area contributed by atoms with Gasteiger partial charge in [-0.25, -0.2) is 9.18 Å². The van der Waals surface area contributed by atoms with E-state index in [-0.39, 0.29) is 7.11 Å². The van der Waals surface area contributed by atoms with Crippen LogP contribution in [0.5, 0.6) is 0 Å². The van der Waals surface area contributed by atoms with Crippen molar-refractivity contribution >= 4 is 5.97 Å². The van der Waals surface area contributed by atoms with Gasteiger partial charge in [0, 0.05) is 0 Å². The molecule has 0 aromatic rings. The SMILES string of the molecule is COC(=O)C(F)(F)C(F)(F)C(F)(F)OC(F)C(F)(F)F. The molecule has 0 aromatic carbocycles. The molecular weight excluding hydrogens is 322 g/mol. The lowest BCUT2D eigenvalue weighted by Crippen LogP contribution is -2.60. The first-order valence-electron chi connectivity index (χ1n) is 4.21. The molecule has 0 saturated carbocycles. The maximum atomic E-state index is 12.7. The zero-order valence-corrected chi connectivity index (χ0v) is 9.08. The third-order valence-electron chi connectivity index (χ3n) is 1.71. The van der Waals surface area contributed by atoms with Gasteiger partial charge in [-0.1, -0.05) is 0 Å². The Bertz CT molecular complexity index is 362. The Labute approximate surface area is 103 Å². The van der Waals surface area contributed by atoms with E-state index < -0.39 is 36.5 Å². The minimum atomic E-state index is -6.79. The minimum absolute atomic E-state index is 0.124. The molecule has 3 nitrogen and oxygen atoms in total. The second-order valence-electron chi connectivity index (χ2n) is 3.13. The molecule has 0 heterocycles. The summed E-state index contributed by atoms with van der Waals surface area (Å²) in [7, 11) is 0.124. The standard InChI is InChI=1S/C7H4F10O3/c1-19-3(18)4(9,10)6(14,15)7(16,17)20-2(8)5(11,12)13/h2H,1H3. The van der Waals surface area contributed by atoms with Crippen molar-refractivity contribution in [3.8, 4) is 0 Å². The van der Waals surface area contributed by atoms with Gasteiger partial charge in [-0.2, -0.15) is 39.5 Å². The van der Waals surface area contributed by atoms with Crippen LogP contribution >= 0.6 is 0 Å². The van der Waals surface area contributed by atoms with Gasteiger partial charge in [0.05, 0.1) is 7.11 Å². The molecule has 0 aromatic heterocycles. The van der Waals surface area contributed by atoms with E-state index in [2.05, 4.69) is 4.74 Å². The zero-order chi connectivity index (χ0) is 16.6. The highest BCUT2D eigenvalue weighted by atomic mass is 19.4. The molecule has 1 atom stereocenters. The Morgan fingerprint density at radius 2 is 1.35 bits per heavy atom. The first-order valence-corrected chi connectivity index (χ1v) is 4.21. The van der Waals surface area contributed by atoms with Crippen LogP contribution in [0.4, 0.5) is 43.9 Å². The van der Waals surface area contributed by atoms with Gasteiger partial charge in [-0.15, -0.1) is 0 Å². The lowest BCUT2D eigenvalue weighted by atomic mass is 10.1. The smallest absolute Gasteiger partial charge is 0.445 e. The number of esters is 1. The van der Waals surface area contributed by atoms with Gasteiger partial charge in [-0.05, 0) is 0 Å². The average molecular weight is 326 g/mol. The predicted molar refractivity (Wildman–Crippen MR) is 38.9 cm³/mol. The molecule has 0 N–H and O–H groups in total. The van der Waals surface area contributed by atoms with Gasteiger partial charge in [0.25, 0.3) is 6.36 Å². The van der Waals surface area contributed by atoms with Crippen molar-refractivity contribution in [2.24, 2.45) is 0 Å². The molecular formula is C7H4F10O3. The minimum Gasteiger partial charge on any atom is -0.464 e. The van der Waals surface area contributed by atoms with Crippen LogP contribution in [0.25, 0.3) is 0 Å². The van der Waals surface area contributed by atoms with Gasteiger partial charge in [0.1, 0.15) is 0 Å². The number of carbonyl (C=O) groups excluding carboxylic acids is 1. The van der Waals surface area contributed by atoms with Crippen LogP contribution in [0.3, 0.4) is 0 Å². The van der Waals surface area contributed by atoms with Crippen LogP contribution in [0.15, 0.2) is 0 Å². The van der Waals surface area contributed by atoms with Gasteiger partial charge < -0.3 is 4.74 Å². The molecule has 0 fully saturated rings. The van der Waals surface area contributed by atoms with Crippen LogP contribution in [0, 0.1) is 0 Å². The molecule has 0 amide bonds. The molecule has 1 unspecified atom stereocenters. The van der Waals surface area contributed by atoms with E-state index in [9.17, 15) is 48.7 Å². The lowest BCUT2D eigenvalue weighted by molar-refractivity contribution is -0.436. The number of methoxy groups -OCH3 is 1. The molecule has 0 saturated heterocycles. The molecule has 0 rings (SSSR count). The quantitative estimate of drug-likeness (QED) is 0.576. The highest BCUT2D eigenvalue weighted by Gasteiger charge is 2.78. The van der Waals surface area contributed by atoms with Crippen LogP contribution in [0.2, 0.25) is 0 Å². The molecule has 0 aliphatic rings. The maximum absolute atomic E-state index is 12.7. The van der Waals surface area contributed by atoms with Crippen LogP contribution in [-0.2, 0) is 14.3 Å². The topological polar surface area (TPSA) is 35.5 Å². The predicted octanol–water partition coefficient (Wildman–Crippen LogP) is 2.90. The van der Waals surface area contributed by atoms with Gasteiger partial charge in [0.15, 0.2) is 0 Å². The number of alkyl halides is 10. The summed E-state index contributed by atoms with van der Waals surface area (Å²) in [6, 6.07) is 0. The number of halogens is 10. The zero-order valence-electron chi connectivity index (χ0n) is 9.08. The highest BCUT2D eigenvalue weighted by molar-refractivity contribution is 5.79. The van der Waals surface area contributed by atoms with E-state index in [1.807, 2.05) is 4.74 Å². The number of ether oxygens (including phenoxy) is 2. The van der Waals surface area contributed by atoms with E-state index in [0.717, 1.165) is 0 Å². The molecule has 0 bridgehead atoms. The molecule has 120 valence electrons. The summed E-state index contributed by atoms with van der Waals surface area (Å²) in [6.07, 6.45) is -17.8. The monoisotopic (exact) mass is 326 g/mol. The molecule has 0 radical (unpaired) electrons. The summed E-state index contributed by atoms with van der Waals surface area (Å²) in [6.45, 7) is 0. The van der Waals surface area contributed by atoms with Crippen molar-refractivity contribution in [1.29, 1.82) is 0 Å². The van der Waals surface area contributed by atoms with Crippen molar-refractivity contribution < 1.29 is 58.2 Å². The summed E-state index contributed by atoms with van der Waals surface area (Å²) >= 11 is 0. The van der Waals surface area contributed by atoms with E-state index in [4.69, 9.17) is 0 Å². The number of hydrogen-bond acceptors (Lipinski definition) is 3. The molecule has 0 aliphatic heterocycles. The number of rotatable bonds is 5. The van der Waals surface area contributed by atoms with Gasteiger partial charge in [0.2, 0.25) is 0 Å². The first-order chi connectivity index (χ1) is 8.61. The summed E-state index contributed by atoms with van der Waals surface area (Å²) in [4.78, 5) is 10.3. The normalized spacial score (nSPS) is 15.9. The summed E-state index contributed by atoms with van der Waals surface area (Å²) in [5, 5.41) is 0. The fourth-order valence-corrected chi connectivity index (χ4v) is 0.710. The van der Waals surface area contributed by atoms with E-state index in [0.29, 0.717) is 0 Å². The van der Waals surface area contributed by atoms with Crippen molar-refractivity contribution in [3.63, 3.8) is 0 Å². The van der Waals surface area contributed by atoms with Crippen molar-refractivity contribution in [2.45, 2.75) is 30.5 Å². The fraction of sp³-hybridized carbons (Fsp3) is 0.857. The van der Waals surface area contributed by atoms with Gasteiger partial charge >= 0.3 is 30.1 Å².